The SMILES string of the molecule is [C-]#N.[C-]#N.[C-]#N.[C-]#N.[Co].[Fe+2].[Fe+2].[K]. The van der Waals surface area contributed by atoms with E-state index in [4.69, 9.17) is 47.3 Å². The molecule has 4 nitrogen and oxygen atoms in total. The molecule has 0 saturated heterocycles. The normalized spacial score (nSPS) is 0.667. The van der Waals surface area contributed by atoms with Crippen LogP contribution in [0.25, 0.3) is 0 Å². The van der Waals surface area contributed by atoms with Crippen molar-refractivity contribution in [2.45, 2.75) is 0 Å². The van der Waals surface area contributed by atoms with Crippen molar-refractivity contribution in [2.75, 3.05) is 0 Å². The molecule has 8 heteroatoms. The maximum Gasteiger partial charge on any atom is 2.00 e. The molecule has 0 aliphatic carbocycles. The Labute approximate surface area is 147 Å². The van der Waals surface area contributed by atoms with Gasteiger partial charge in [0.1, 0.15) is 0 Å². The fourth-order valence-corrected chi connectivity index (χ4v) is 0. The Morgan fingerprint density at radius 2 is 0.500 bits per heavy atom. The summed E-state index contributed by atoms with van der Waals surface area (Å²) in [5.41, 5.74) is 0. The minimum Gasteiger partial charge on any atom is -0.512 e. The average Bonchev–Trinajstić information content (AvgIpc) is 2.03. The van der Waals surface area contributed by atoms with E-state index in [1.807, 2.05) is 0 Å². The molecule has 0 amide bonds. The molecule has 0 aromatic carbocycles. The second-order valence-electron chi connectivity index (χ2n) is 0. The van der Waals surface area contributed by atoms with Gasteiger partial charge in [-0.1, -0.05) is 0 Å². The molecule has 12 heavy (non-hydrogen) atoms. The Bertz CT molecular complexity index is 68.0. The maximum atomic E-state index is 6.25. The monoisotopic (exact) mass is 314 g/mol. The van der Waals surface area contributed by atoms with E-state index in [9.17, 15) is 0 Å². The third-order valence-corrected chi connectivity index (χ3v) is 0. The van der Waals surface area contributed by atoms with Crippen molar-refractivity contribution in [3.63, 3.8) is 0 Å². The molecule has 0 bridgehead atoms. The van der Waals surface area contributed by atoms with Crippen LogP contribution in [0.5, 0.6) is 0 Å². The topological polar surface area (TPSA) is 95.2 Å². The van der Waals surface area contributed by atoms with Gasteiger partial charge in [0.05, 0.1) is 0 Å². The third-order valence-electron chi connectivity index (χ3n) is 0. The van der Waals surface area contributed by atoms with Gasteiger partial charge >= 0.3 is 34.1 Å². The van der Waals surface area contributed by atoms with Crippen molar-refractivity contribution in [2.24, 2.45) is 0 Å². The molecule has 0 fully saturated rings. The molecule has 0 saturated carbocycles. The van der Waals surface area contributed by atoms with Crippen LogP contribution in [0.15, 0.2) is 0 Å². The molecular weight excluding hydrogens is 314 g/mol. The molecule has 0 rings (SSSR count). The van der Waals surface area contributed by atoms with Gasteiger partial charge in [0, 0.05) is 68.2 Å². The predicted molar refractivity (Wildman–Crippen MR) is 25.6 cm³/mol. The summed E-state index contributed by atoms with van der Waals surface area (Å²) in [4.78, 5) is 0. The minimum absolute atomic E-state index is 0. The van der Waals surface area contributed by atoms with Crippen LogP contribution < -0.4 is 0 Å². The number of nitrogens with zero attached hydrogens (tertiary/aromatic N) is 4. The van der Waals surface area contributed by atoms with Crippen LogP contribution in [-0.4, -0.2) is 51.4 Å². The van der Waals surface area contributed by atoms with Crippen molar-refractivity contribution in [3.05, 3.63) is 26.3 Å². The fraction of sp³-hybridized carbons (Fsp3) is 0. The Hall–Kier alpha value is 1.14. The molecule has 0 N–H and O–H groups in total. The summed E-state index contributed by atoms with van der Waals surface area (Å²) in [7, 11) is 0. The first-order valence-electron chi connectivity index (χ1n) is 0.894. The molecular formula is C4CoFe2KN4. The van der Waals surface area contributed by atoms with E-state index in [1.54, 1.807) is 0 Å². The Balaban J connectivity index is -0.00000000267. The molecule has 62 valence electrons. The average molecular weight is 314 g/mol. The van der Waals surface area contributed by atoms with Gasteiger partial charge < -0.3 is 47.3 Å². The molecule has 0 aromatic heterocycles. The fourth-order valence-electron chi connectivity index (χ4n) is 0. The Morgan fingerprint density at radius 3 is 0.500 bits per heavy atom. The minimum atomic E-state index is 0. The summed E-state index contributed by atoms with van der Waals surface area (Å²) < 4.78 is 0. The van der Waals surface area contributed by atoms with Gasteiger partial charge in [-0.25, -0.2) is 0 Å². The Kier molecular flexibility index (Phi) is 7060. The molecule has 0 unspecified atom stereocenters. The summed E-state index contributed by atoms with van der Waals surface area (Å²) >= 11 is 0. The van der Waals surface area contributed by atoms with Crippen molar-refractivity contribution < 1.29 is 50.9 Å². The summed E-state index contributed by atoms with van der Waals surface area (Å²) in [5, 5.41) is 25.0. The third kappa shape index (κ3) is 879. The molecule has 0 aliphatic rings. The van der Waals surface area contributed by atoms with Gasteiger partial charge in [-0.15, -0.1) is 0 Å². The van der Waals surface area contributed by atoms with Crippen molar-refractivity contribution in [1.29, 1.82) is 21.0 Å². The van der Waals surface area contributed by atoms with Crippen LogP contribution in [0.1, 0.15) is 0 Å². The number of hydrogen-bond donors (Lipinski definition) is 0. The van der Waals surface area contributed by atoms with E-state index in [1.165, 1.54) is 0 Å². The van der Waals surface area contributed by atoms with E-state index < -0.39 is 0 Å². The standard InChI is InChI=1S/4CN.Co.2Fe.K/c4*1-2;;;;/q4*-1;;2*+2;. The molecule has 0 spiro atoms. The first-order valence-corrected chi connectivity index (χ1v) is 0.894. The van der Waals surface area contributed by atoms with E-state index in [-0.39, 0.29) is 102 Å². The summed E-state index contributed by atoms with van der Waals surface area (Å²) in [6, 6.07) is 0. The zero-order valence-electron chi connectivity index (χ0n) is 5.83. The van der Waals surface area contributed by atoms with E-state index >= 15 is 0 Å². The predicted octanol–water partition coefficient (Wildman–Crippen LogP) is -0.00282. The first kappa shape index (κ1) is 73.3. The summed E-state index contributed by atoms with van der Waals surface area (Å²) in [6.07, 6.45) is 0. The zero-order chi connectivity index (χ0) is 8.00. The van der Waals surface area contributed by atoms with Gasteiger partial charge in [0.25, 0.3) is 0 Å². The first-order chi connectivity index (χ1) is 4.00. The number of rotatable bonds is 0. The molecule has 0 atom stereocenters. The van der Waals surface area contributed by atoms with Crippen molar-refractivity contribution >= 4 is 51.4 Å². The molecule has 2 radical (unpaired) electrons. The van der Waals surface area contributed by atoms with Gasteiger partial charge in [-0.3, -0.25) is 0 Å². The van der Waals surface area contributed by atoms with E-state index in [0.717, 1.165) is 0 Å². The second kappa shape index (κ2) is 1160. The zero-order valence-corrected chi connectivity index (χ0v) is 12.2. The maximum absolute atomic E-state index is 6.25. The largest absolute Gasteiger partial charge is 2.00 e. The Morgan fingerprint density at radius 1 is 0.500 bits per heavy atom. The molecule has 0 aliphatic heterocycles. The smallest absolute Gasteiger partial charge is 0.512 e. The van der Waals surface area contributed by atoms with Gasteiger partial charge in [-0.05, 0) is 0 Å². The molecule has 0 heterocycles. The van der Waals surface area contributed by atoms with E-state index in [0.29, 0.717) is 0 Å². The quantitative estimate of drug-likeness (QED) is 0.464. The summed E-state index contributed by atoms with van der Waals surface area (Å²) in [6.45, 7) is 19.0. The van der Waals surface area contributed by atoms with Gasteiger partial charge in [0.15, 0.2) is 0 Å². The number of hydrogen-bond acceptors (Lipinski definition) is 4. The van der Waals surface area contributed by atoms with Gasteiger partial charge in [-0.2, -0.15) is 0 Å². The molecule has 0 aromatic rings. The van der Waals surface area contributed by atoms with Crippen LogP contribution in [-0.2, 0) is 50.9 Å². The van der Waals surface area contributed by atoms with Crippen molar-refractivity contribution in [3.8, 4) is 0 Å². The van der Waals surface area contributed by atoms with Gasteiger partial charge in [0.2, 0.25) is 0 Å². The summed E-state index contributed by atoms with van der Waals surface area (Å²) in [5.74, 6) is 0. The van der Waals surface area contributed by atoms with Crippen LogP contribution in [0.2, 0.25) is 0 Å². The van der Waals surface area contributed by atoms with Crippen LogP contribution in [0.4, 0.5) is 0 Å². The van der Waals surface area contributed by atoms with Crippen LogP contribution in [0, 0.1) is 47.3 Å². The van der Waals surface area contributed by atoms with Crippen molar-refractivity contribution in [1.82, 2.24) is 0 Å². The second-order valence-corrected chi connectivity index (χ2v) is 0. The van der Waals surface area contributed by atoms with Crippen LogP contribution >= 0.6 is 0 Å². The van der Waals surface area contributed by atoms with E-state index in [2.05, 4.69) is 0 Å². The van der Waals surface area contributed by atoms with Crippen LogP contribution in [0.3, 0.4) is 0 Å².